The summed E-state index contributed by atoms with van der Waals surface area (Å²) in [5, 5.41) is 10.6. The number of carbonyl (C=O) groups is 1. The molecule has 0 unspecified atom stereocenters. The molecule has 4 nitrogen and oxygen atoms in total. The van der Waals surface area contributed by atoms with E-state index in [-0.39, 0.29) is 11.7 Å². The van der Waals surface area contributed by atoms with Crippen LogP contribution >= 0.6 is 11.8 Å². The zero-order valence-corrected chi connectivity index (χ0v) is 12.1. The van der Waals surface area contributed by atoms with Crippen LogP contribution in [-0.2, 0) is 9.53 Å². The number of aryl methyl sites for hydroxylation is 1. The highest BCUT2D eigenvalue weighted by Crippen LogP contribution is 2.34. The second kappa shape index (κ2) is 5.25. The molecule has 19 heavy (non-hydrogen) atoms. The number of benzene rings is 1. The van der Waals surface area contributed by atoms with E-state index in [9.17, 15) is 9.90 Å². The molecule has 0 spiro atoms. The van der Waals surface area contributed by atoms with Crippen molar-refractivity contribution in [3.8, 4) is 5.75 Å². The molecule has 1 aromatic carbocycles. The van der Waals surface area contributed by atoms with Crippen molar-refractivity contribution < 1.29 is 14.6 Å². The van der Waals surface area contributed by atoms with Crippen molar-refractivity contribution in [1.82, 2.24) is 0 Å². The van der Waals surface area contributed by atoms with Crippen LogP contribution in [0.15, 0.2) is 23.2 Å². The first kappa shape index (κ1) is 13.9. The summed E-state index contributed by atoms with van der Waals surface area (Å²) < 4.78 is 5.04. The Morgan fingerprint density at radius 1 is 1.58 bits per heavy atom. The van der Waals surface area contributed by atoms with Crippen LogP contribution in [0.25, 0.3) is 0 Å². The van der Waals surface area contributed by atoms with Gasteiger partial charge in [0.05, 0.1) is 6.61 Å². The Balaban J connectivity index is 2.30. The summed E-state index contributed by atoms with van der Waals surface area (Å²) in [5.74, 6) is 0.414. The summed E-state index contributed by atoms with van der Waals surface area (Å²) in [6, 6.07) is 5.43. The van der Waals surface area contributed by atoms with E-state index in [1.54, 1.807) is 19.9 Å². The molecule has 1 heterocycles. The first-order valence-electron chi connectivity index (χ1n) is 6.16. The summed E-state index contributed by atoms with van der Waals surface area (Å²) in [5.41, 5.74) is 0.800. The average Bonchev–Trinajstić information content (AvgIpc) is 2.73. The van der Waals surface area contributed by atoms with Gasteiger partial charge in [-0.1, -0.05) is 6.07 Å². The maximum absolute atomic E-state index is 11.9. The molecule has 1 aromatic rings. The molecule has 0 saturated heterocycles. The molecule has 0 fully saturated rings. The van der Waals surface area contributed by atoms with Gasteiger partial charge in [0.1, 0.15) is 10.8 Å². The minimum atomic E-state index is -0.854. The number of phenolic OH excluding ortho intramolecular Hbond substituents is 1. The molecule has 0 aliphatic carbocycles. The van der Waals surface area contributed by atoms with Gasteiger partial charge in [-0.25, -0.2) is 4.79 Å². The zero-order valence-electron chi connectivity index (χ0n) is 11.3. The number of aromatic hydroxyl groups is 1. The fourth-order valence-corrected chi connectivity index (χ4v) is 3.04. The van der Waals surface area contributed by atoms with Crippen molar-refractivity contribution >= 4 is 22.8 Å². The van der Waals surface area contributed by atoms with Gasteiger partial charge < -0.3 is 9.84 Å². The molecule has 1 N–H and O–H groups in total. The van der Waals surface area contributed by atoms with Crippen LogP contribution in [0.2, 0.25) is 0 Å². The van der Waals surface area contributed by atoms with E-state index in [1.807, 2.05) is 19.1 Å². The fraction of sp³-hybridized carbons (Fsp3) is 0.429. The Labute approximate surface area is 116 Å². The summed E-state index contributed by atoms with van der Waals surface area (Å²) in [4.78, 5) is 16.3. The highest BCUT2D eigenvalue weighted by Gasteiger charge is 2.40. The van der Waals surface area contributed by atoms with Crippen LogP contribution in [0, 0.1) is 6.92 Å². The standard InChI is InChI=1S/C14H17NO3S/c1-4-18-13(17)14(3)8-19-12(15-14)10-6-5-9(2)7-11(10)16/h5-7,16H,4,8H2,1-3H3/t14-/m1/s1. The third kappa shape index (κ3) is 2.76. The summed E-state index contributed by atoms with van der Waals surface area (Å²) in [7, 11) is 0. The smallest absolute Gasteiger partial charge is 0.334 e. The molecule has 1 atom stereocenters. The van der Waals surface area contributed by atoms with Crippen molar-refractivity contribution in [2.24, 2.45) is 4.99 Å². The van der Waals surface area contributed by atoms with E-state index < -0.39 is 5.54 Å². The van der Waals surface area contributed by atoms with Crippen LogP contribution in [0.5, 0.6) is 5.75 Å². The number of rotatable bonds is 3. The highest BCUT2D eigenvalue weighted by atomic mass is 32.2. The lowest BCUT2D eigenvalue weighted by Gasteiger charge is -2.16. The molecule has 1 aliphatic heterocycles. The van der Waals surface area contributed by atoms with Gasteiger partial charge in [0.2, 0.25) is 0 Å². The molecule has 0 radical (unpaired) electrons. The van der Waals surface area contributed by atoms with Crippen molar-refractivity contribution in [2.45, 2.75) is 26.3 Å². The fourth-order valence-electron chi connectivity index (χ4n) is 1.85. The van der Waals surface area contributed by atoms with Gasteiger partial charge in [0.15, 0.2) is 5.54 Å². The number of ether oxygens (including phenoxy) is 1. The number of hydrogen-bond acceptors (Lipinski definition) is 5. The predicted molar refractivity (Wildman–Crippen MR) is 76.9 cm³/mol. The largest absolute Gasteiger partial charge is 0.507 e. The van der Waals surface area contributed by atoms with Gasteiger partial charge in [0.25, 0.3) is 0 Å². The number of carbonyl (C=O) groups excluding carboxylic acids is 1. The maximum atomic E-state index is 11.9. The van der Waals surface area contributed by atoms with Crippen molar-refractivity contribution in [3.05, 3.63) is 29.3 Å². The summed E-state index contributed by atoms with van der Waals surface area (Å²) in [6.45, 7) is 5.80. The van der Waals surface area contributed by atoms with Crippen LogP contribution in [0.1, 0.15) is 25.0 Å². The molecular formula is C14H17NO3S. The first-order valence-corrected chi connectivity index (χ1v) is 7.14. The number of thioether (sulfide) groups is 1. The van der Waals surface area contributed by atoms with Gasteiger partial charge >= 0.3 is 5.97 Å². The van der Waals surface area contributed by atoms with Crippen molar-refractivity contribution in [1.29, 1.82) is 0 Å². The second-order valence-corrected chi connectivity index (χ2v) is 5.68. The Hall–Kier alpha value is -1.49. The van der Waals surface area contributed by atoms with Crippen LogP contribution in [0.3, 0.4) is 0 Å². The lowest BCUT2D eigenvalue weighted by molar-refractivity contribution is -0.147. The van der Waals surface area contributed by atoms with E-state index in [4.69, 9.17) is 4.74 Å². The third-order valence-corrected chi connectivity index (χ3v) is 4.23. The maximum Gasteiger partial charge on any atom is 0.334 e. The lowest BCUT2D eigenvalue weighted by Crippen LogP contribution is -2.35. The van der Waals surface area contributed by atoms with Gasteiger partial charge in [0, 0.05) is 11.3 Å². The SMILES string of the molecule is CCOC(=O)[C@@]1(C)CSC(c2ccc(C)cc2O)=N1. The highest BCUT2D eigenvalue weighted by molar-refractivity contribution is 8.14. The first-order chi connectivity index (χ1) is 8.96. The van der Waals surface area contributed by atoms with Gasteiger partial charge in [-0.05, 0) is 38.5 Å². The van der Waals surface area contributed by atoms with E-state index in [0.29, 0.717) is 23.0 Å². The third-order valence-electron chi connectivity index (χ3n) is 2.94. The van der Waals surface area contributed by atoms with Gasteiger partial charge in [-0.15, -0.1) is 11.8 Å². The molecule has 0 amide bonds. The van der Waals surface area contributed by atoms with Crippen LogP contribution in [-0.4, -0.2) is 34.0 Å². The average molecular weight is 279 g/mol. The molecule has 2 rings (SSSR count). The predicted octanol–water partition coefficient (Wildman–Crippen LogP) is 2.52. The molecule has 0 saturated carbocycles. The Bertz CT molecular complexity index is 541. The number of aliphatic imine (C=N–C) groups is 1. The molecule has 102 valence electrons. The minimum Gasteiger partial charge on any atom is -0.507 e. The van der Waals surface area contributed by atoms with Crippen LogP contribution < -0.4 is 0 Å². The molecule has 0 aromatic heterocycles. The Morgan fingerprint density at radius 2 is 2.32 bits per heavy atom. The molecule has 5 heteroatoms. The zero-order chi connectivity index (χ0) is 14.0. The Kier molecular flexibility index (Phi) is 3.85. The normalized spacial score (nSPS) is 22.2. The van der Waals surface area contributed by atoms with Crippen LogP contribution in [0.4, 0.5) is 0 Å². The second-order valence-electron chi connectivity index (χ2n) is 4.72. The number of esters is 1. The summed E-state index contributed by atoms with van der Waals surface area (Å²) >= 11 is 1.47. The van der Waals surface area contributed by atoms with Gasteiger partial charge in [-0.2, -0.15) is 0 Å². The summed E-state index contributed by atoms with van der Waals surface area (Å²) in [6.07, 6.45) is 0. The molecule has 1 aliphatic rings. The monoisotopic (exact) mass is 279 g/mol. The van der Waals surface area contributed by atoms with Crippen molar-refractivity contribution in [2.75, 3.05) is 12.4 Å². The Morgan fingerprint density at radius 3 is 2.95 bits per heavy atom. The number of phenols is 1. The topological polar surface area (TPSA) is 58.9 Å². The lowest BCUT2D eigenvalue weighted by atomic mass is 10.1. The van der Waals surface area contributed by atoms with Crippen molar-refractivity contribution in [3.63, 3.8) is 0 Å². The number of nitrogens with zero attached hydrogens (tertiary/aromatic N) is 1. The molecule has 0 bridgehead atoms. The quantitative estimate of drug-likeness (QED) is 0.864. The van der Waals surface area contributed by atoms with E-state index in [2.05, 4.69) is 4.99 Å². The minimum absolute atomic E-state index is 0.194. The van der Waals surface area contributed by atoms with E-state index in [1.165, 1.54) is 11.8 Å². The molecular weight excluding hydrogens is 262 g/mol. The number of hydrogen-bond donors (Lipinski definition) is 1. The van der Waals surface area contributed by atoms with E-state index in [0.717, 1.165) is 5.56 Å². The van der Waals surface area contributed by atoms with Gasteiger partial charge in [-0.3, -0.25) is 4.99 Å². The van der Waals surface area contributed by atoms with E-state index >= 15 is 0 Å².